The third kappa shape index (κ3) is 3.46. The van der Waals surface area contributed by atoms with Crippen LogP contribution in [-0.4, -0.2) is 34.8 Å². The minimum absolute atomic E-state index is 0.419. The lowest BCUT2D eigenvalue weighted by Crippen LogP contribution is -2.18. The Hall–Kier alpha value is -1.08. The predicted octanol–water partition coefficient (Wildman–Crippen LogP) is 1.51. The maximum absolute atomic E-state index is 5.38. The van der Waals surface area contributed by atoms with Gasteiger partial charge in [0.15, 0.2) is 5.16 Å². The molecule has 1 aromatic rings. The molecule has 1 aromatic heterocycles. The van der Waals surface area contributed by atoms with Crippen molar-refractivity contribution in [2.75, 3.05) is 30.2 Å². The molecule has 0 bridgehead atoms. The lowest BCUT2D eigenvalue weighted by atomic mass is 10.1. The molecule has 0 spiro atoms. The summed E-state index contributed by atoms with van der Waals surface area (Å²) >= 11 is 1.69. The third-order valence-electron chi connectivity index (χ3n) is 3.06. The van der Waals surface area contributed by atoms with Crippen LogP contribution < -0.4 is 16.2 Å². The topological polar surface area (TPSA) is 80.0 Å². The Morgan fingerprint density at radius 1 is 1.28 bits per heavy atom. The van der Waals surface area contributed by atoms with Crippen LogP contribution in [0, 0.1) is 5.92 Å². The number of nitrogens with zero attached hydrogens (tertiary/aromatic N) is 4. The second-order valence-electron chi connectivity index (χ2n) is 4.74. The number of nitrogens with two attached hydrogens (primary N) is 1. The first-order valence-corrected chi connectivity index (χ1v) is 7.20. The van der Waals surface area contributed by atoms with E-state index in [0.29, 0.717) is 11.9 Å². The number of hydrogen-bond acceptors (Lipinski definition) is 7. The summed E-state index contributed by atoms with van der Waals surface area (Å²) in [7, 11) is 3.81. The molecular formula is C11H20N6S. The fraction of sp³-hybridized carbons (Fsp3) is 0.727. The Labute approximate surface area is 112 Å². The van der Waals surface area contributed by atoms with Crippen LogP contribution >= 0.6 is 11.8 Å². The van der Waals surface area contributed by atoms with E-state index in [2.05, 4.69) is 20.4 Å². The molecule has 100 valence electrons. The van der Waals surface area contributed by atoms with E-state index in [-0.39, 0.29) is 0 Å². The van der Waals surface area contributed by atoms with Crippen LogP contribution in [0.4, 0.5) is 11.9 Å². The number of rotatable bonds is 5. The molecule has 0 saturated heterocycles. The summed E-state index contributed by atoms with van der Waals surface area (Å²) in [5.41, 5.74) is 2.49. The molecule has 0 amide bonds. The number of nitrogen functional groups attached to an aromatic ring is 1. The first kappa shape index (κ1) is 13.4. The van der Waals surface area contributed by atoms with Crippen molar-refractivity contribution in [3.05, 3.63) is 0 Å². The average molecular weight is 268 g/mol. The molecule has 0 aromatic carbocycles. The van der Waals surface area contributed by atoms with Crippen LogP contribution in [0.2, 0.25) is 0 Å². The highest BCUT2D eigenvalue weighted by Gasteiger charge is 2.16. The summed E-state index contributed by atoms with van der Waals surface area (Å²) in [6.45, 7) is 0. The molecule has 18 heavy (non-hydrogen) atoms. The SMILES string of the molecule is CN(C)c1nc(NN)nc(SCC2CCCC2)n1. The summed E-state index contributed by atoms with van der Waals surface area (Å²) < 4.78 is 0. The number of nitrogens with one attached hydrogen (secondary N) is 1. The first-order valence-electron chi connectivity index (χ1n) is 6.22. The zero-order valence-electron chi connectivity index (χ0n) is 10.9. The van der Waals surface area contributed by atoms with E-state index < -0.39 is 0 Å². The van der Waals surface area contributed by atoms with E-state index in [4.69, 9.17) is 5.84 Å². The van der Waals surface area contributed by atoms with E-state index >= 15 is 0 Å². The lowest BCUT2D eigenvalue weighted by molar-refractivity contribution is 0.622. The summed E-state index contributed by atoms with van der Waals surface area (Å²) in [4.78, 5) is 14.7. The van der Waals surface area contributed by atoms with Crippen molar-refractivity contribution < 1.29 is 0 Å². The smallest absolute Gasteiger partial charge is 0.242 e. The largest absolute Gasteiger partial charge is 0.347 e. The van der Waals surface area contributed by atoms with Crippen LogP contribution in [0.5, 0.6) is 0 Å². The van der Waals surface area contributed by atoms with Gasteiger partial charge in [-0.15, -0.1) is 0 Å². The van der Waals surface area contributed by atoms with Crippen LogP contribution in [0.1, 0.15) is 25.7 Å². The van der Waals surface area contributed by atoms with E-state index in [1.807, 2.05) is 19.0 Å². The zero-order chi connectivity index (χ0) is 13.0. The fourth-order valence-corrected chi connectivity index (χ4v) is 3.06. The molecule has 1 fully saturated rings. The van der Waals surface area contributed by atoms with E-state index in [1.54, 1.807) is 11.8 Å². The molecule has 1 aliphatic rings. The van der Waals surface area contributed by atoms with E-state index in [0.717, 1.165) is 16.8 Å². The van der Waals surface area contributed by atoms with Crippen LogP contribution in [0.25, 0.3) is 0 Å². The molecule has 2 rings (SSSR count). The Balaban J connectivity index is 2.03. The third-order valence-corrected chi connectivity index (χ3v) is 4.13. The normalized spacial score (nSPS) is 15.9. The number of aromatic nitrogens is 3. The second-order valence-corrected chi connectivity index (χ2v) is 5.73. The monoisotopic (exact) mass is 268 g/mol. The maximum atomic E-state index is 5.38. The van der Waals surface area contributed by atoms with Crippen molar-refractivity contribution in [2.45, 2.75) is 30.8 Å². The number of hydrogen-bond donors (Lipinski definition) is 2. The zero-order valence-corrected chi connectivity index (χ0v) is 11.7. The minimum Gasteiger partial charge on any atom is -0.347 e. The quantitative estimate of drug-likeness (QED) is 0.476. The van der Waals surface area contributed by atoms with E-state index in [9.17, 15) is 0 Å². The first-order chi connectivity index (χ1) is 8.69. The van der Waals surface area contributed by atoms with Crippen LogP contribution in [-0.2, 0) is 0 Å². The molecule has 1 saturated carbocycles. The van der Waals surface area contributed by atoms with Gasteiger partial charge in [0.05, 0.1) is 0 Å². The van der Waals surface area contributed by atoms with Gasteiger partial charge in [-0.2, -0.15) is 15.0 Å². The van der Waals surface area contributed by atoms with Crippen molar-refractivity contribution in [3.8, 4) is 0 Å². The van der Waals surface area contributed by atoms with Gasteiger partial charge in [-0.05, 0) is 18.8 Å². The molecule has 0 radical (unpaired) electrons. The van der Waals surface area contributed by atoms with Crippen molar-refractivity contribution in [1.29, 1.82) is 0 Å². The predicted molar refractivity (Wildman–Crippen MR) is 74.6 cm³/mol. The number of anilines is 2. The molecule has 3 N–H and O–H groups in total. The van der Waals surface area contributed by atoms with Gasteiger partial charge < -0.3 is 4.90 Å². The number of thioether (sulfide) groups is 1. The summed E-state index contributed by atoms with van der Waals surface area (Å²) in [6.07, 6.45) is 5.39. The van der Waals surface area contributed by atoms with Gasteiger partial charge in [0.2, 0.25) is 11.9 Å². The van der Waals surface area contributed by atoms with Gasteiger partial charge in [-0.3, -0.25) is 5.43 Å². The fourth-order valence-electron chi connectivity index (χ4n) is 2.04. The van der Waals surface area contributed by atoms with Crippen LogP contribution in [0.15, 0.2) is 5.16 Å². The Morgan fingerprint density at radius 3 is 2.61 bits per heavy atom. The van der Waals surface area contributed by atoms with Gasteiger partial charge in [0.25, 0.3) is 0 Å². The summed E-state index contributed by atoms with van der Waals surface area (Å²) in [5, 5.41) is 0.744. The Morgan fingerprint density at radius 2 is 2.00 bits per heavy atom. The van der Waals surface area contributed by atoms with Crippen molar-refractivity contribution in [3.63, 3.8) is 0 Å². The molecule has 7 heteroatoms. The van der Waals surface area contributed by atoms with Crippen molar-refractivity contribution in [2.24, 2.45) is 11.8 Å². The van der Waals surface area contributed by atoms with Crippen LogP contribution in [0.3, 0.4) is 0 Å². The molecule has 0 aliphatic heterocycles. The highest BCUT2D eigenvalue weighted by molar-refractivity contribution is 7.99. The molecule has 1 aliphatic carbocycles. The molecule has 6 nitrogen and oxygen atoms in total. The highest BCUT2D eigenvalue weighted by Crippen LogP contribution is 2.30. The second kappa shape index (κ2) is 6.19. The van der Waals surface area contributed by atoms with Gasteiger partial charge in [0, 0.05) is 19.8 Å². The van der Waals surface area contributed by atoms with Gasteiger partial charge in [0.1, 0.15) is 0 Å². The summed E-state index contributed by atoms with van der Waals surface area (Å²) in [6, 6.07) is 0. The average Bonchev–Trinajstić information content (AvgIpc) is 2.89. The molecule has 0 unspecified atom stereocenters. The lowest BCUT2D eigenvalue weighted by Gasteiger charge is -2.13. The summed E-state index contributed by atoms with van der Waals surface area (Å²) in [5.74, 6) is 8.32. The van der Waals surface area contributed by atoms with Gasteiger partial charge in [-0.1, -0.05) is 24.6 Å². The van der Waals surface area contributed by atoms with Gasteiger partial charge >= 0.3 is 0 Å². The molecule has 1 heterocycles. The maximum Gasteiger partial charge on any atom is 0.242 e. The minimum atomic E-state index is 0.419. The molecule has 0 atom stereocenters. The Bertz CT molecular complexity index is 391. The Kier molecular flexibility index (Phi) is 4.60. The number of hydrazine groups is 1. The van der Waals surface area contributed by atoms with Crippen molar-refractivity contribution >= 4 is 23.7 Å². The highest BCUT2D eigenvalue weighted by atomic mass is 32.2. The molecular weight excluding hydrogens is 248 g/mol. The van der Waals surface area contributed by atoms with Gasteiger partial charge in [-0.25, -0.2) is 5.84 Å². The van der Waals surface area contributed by atoms with E-state index in [1.165, 1.54) is 25.7 Å². The van der Waals surface area contributed by atoms with Crippen molar-refractivity contribution in [1.82, 2.24) is 15.0 Å². The standard InChI is InChI=1S/C11H20N6S/c1-17(2)10-13-9(16-12)14-11(15-10)18-7-8-5-3-4-6-8/h8H,3-7,12H2,1-2H3,(H,13,14,15,16).